The van der Waals surface area contributed by atoms with Crippen LogP contribution >= 0.6 is 15.9 Å². The Hall–Kier alpha value is -0.770. The third-order valence-electron chi connectivity index (χ3n) is 4.09. The van der Waals surface area contributed by atoms with Gasteiger partial charge in [-0.3, -0.25) is 4.79 Å². The fourth-order valence-corrected chi connectivity index (χ4v) is 3.19. The van der Waals surface area contributed by atoms with Gasteiger partial charge in [-0.15, -0.1) is 0 Å². The summed E-state index contributed by atoms with van der Waals surface area (Å²) >= 11 is 3.28. The van der Waals surface area contributed by atoms with Crippen LogP contribution in [-0.4, -0.2) is 23.9 Å². The molecule has 3 nitrogen and oxygen atoms in total. The Bertz CT molecular complexity index is 447. The number of nitrogens with zero attached hydrogens (tertiary/aromatic N) is 1. The highest BCUT2D eigenvalue weighted by atomic mass is 79.9. The molecule has 106 valence electrons. The smallest absolute Gasteiger partial charge is 0.258 e. The summed E-state index contributed by atoms with van der Waals surface area (Å²) < 4.78 is 5.69. The standard InChI is InChI=1S/C15H22BrNO2/c1-15(2,3)11-5-4-8-17(9-6-11)14(18)12-7-10-19-13(12)16/h7,10-11H,4-6,8-9H2,1-3H3. The lowest BCUT2D eigenvalue weighted by molar-refractivity contribution is 0.0753. The van der Waals surface area contributed by atoms with Crippen molar-refractivity contribution < 1.29 is 9.21 Å². The topological polar surface area (TPSA) is 33.5 Å². The fraction of sp³-hybridized carbons (Fsp3) is 0.667. The molecule has 0 spiro atoms. The van der Waals surface area contributed by atoms with Crippen molar-refractivity contribution in [1.82, 2.24) is 4.90 Å². The SMILES string of the molecule is CC(C)(C)C1CCCN(C(=O)c2ccoc2Br)CC1. The molecule has 0 aromatic carbocycles. The molecule has 1 atom stereocenters. The quantitative estimate of drug-likeness (QED) is 0.769. The summed E-state index contributed by atoms with van der Waals surface area (Å²) in [5, 5.41) is 0. The van der Waals surface area contributed by atoms with Crippen LogP contribution in [0.1, 0.15) is 50.4 Å². The summed E-state index contributed by atoms with van der Waals surface area (Å²) in [5.41, 5.74) is 0.962. The highest BCUT2D eigenvalue weighted by Crippen LogP contribution is 2.34. The first kappa shape index (κ1) is 14.6. The highest BCUT2D eigenvalue weighted by molar-refractivity contribution is 9.10. The molecule has 1 fully saturated rings. The van der Waals surface area contributed by atoms with Crippen LogP contribution in [-0.2, 0) is 0 Å². The summed E-state index contributed by atoms with van der Waals surface area (Å²) in [4.78, 5) is 14.4. The van der Waals surface area contributed by atoms with Crippen LogP contribution in [0, 0.1) is 11.3 Å². The molecular formula is C15H22BrNO2. The van der Waals surface area contributed by atoms with Gasteiger partial charge in [-0.25, -0.2) is 0 Å². The molecule has 0 N–H and O–H groups in total. The molecule has 0 aliphatic carbocycles. The molecule has 0 bridgehead atoms. The van der Waals surface area contributed by atoms with Gasteiger partial charge in [0.25, 0.3) is 5.91 Å². The first-order chi connectivity index (χ1) is 8.89. The van der Waals surface area contributed by atoms with Crippen molar-refractivity contribution in [2.75, 3.05) is 13.1 Å². The number of hydrogen-bond donors (Lipinski definition) is 0. The van der Waals surface area contributed by atoms with Gasteiger partial charge in [0.15, 0.2) is 4.67 Å². The first-order valence-electron chi connectivity index (χ1n) is 6.92. The highest BCUT2D eigenvalue weighted by Gasteiger charge is 2.29. The molecule has 0 radical (unpaired) electrons. The average molecular weight is 328 g/mol. The molecule has 1 aliphatic heterocycles. The summed E-state index contributed by atoms with van der Waals surface area (Å²) in [5.74, 6) is 0.772. The second-order valence-electron chi connectivity index (χ2n) is 6.39. The number of amides is 1. The normalized spacial score (nSPS) is 21.3. The molecule has 2 rings (SSSR count). The van der Waals surface area contributed by atoms with Gasteiger partial charge in [-0.05, 0) is 52.6 Å². The van der Waals surface area contributed by atoms with Crippen LogP contribution in [0.4, 0.5) is 0 Å². The van der Waals surface area contributed by atoms with E-state index in [9.17, 15) is 4.79 Å². The zero-order valence-corrected chi connectivity index (χ0v) is 13.5. The average Bonchev–Trinajstić information content (AvgIpc) is 2.62. The van der Waals surface area contributed by atoms with Gasteiger partial charge in [0.05, 0.1) is 11.8 Å². The van der Waals surface area contributed by atoms with Crippen LogP contribution in [0.2, 0.25) is 0 Å². The van der Waals surface area contributed by atoms with Crippen molar-refractivity contribution >= 4 is 21.8 Å². The molecule has 1 aliphatic rings. The van der Waals surface area contributed by atoms with E-state index < -0.39 is 0 Å². The van der Waals surface area contributed by atoms with Gasteiger partial charge in [0.2, 0.25) is 0 Å². The van der Waals surface area contributed by atoms with Gasteiger partial charge in [-0.1, -0.05) is 20.8 Å². The first-order valence-corrected chi connectivity index (χ1v) is 7.71. The van der Waals surface area contributed by atoms with E-state index in [2.05, 4.69) is 36.7 Å². The fourth-order valence-electron chi connectivity index (χ4n) is 2.78. The lowest BCUT2D eigenvalue weighted by Crippen LogP contribution is -2.32. The number of likely N-dealkylation sites (tertiary alicyclic amines) is 1. The van der Waals surface area contributed by atoms with E-state index in [-0.39, 0.29) is 5.91 Å². The van der Waals surface area contributed by atoms with Gasteiger partial charge in [0.1, 0.15) is 0 Å². The van der Waals surface area contributed by atoms with Gasteiger partial charge in [-0.2, -0.15) is 0 Å². The van der Waals surface area contributed by atoms with E-state index in [4.69, 9.17) is 4.42 Å². The van der Waals surface area contributed by atoms with Crippen LogP contribution in [0.5, 0.6) is 0 Å². The van der Waals surface area contributed by atoms with E-state index in [1.165, 1.54) is 6.42 Å². The predicted molar refractivity (Wildman–Crippen MR) is 79.1 cm³/mol. The number of furan rings is 1. The van der Waals surface area contributed by atoms with Gasteiger partial charge >= 0.3 is 0 Å². The Kier molecular flexibility index (Phi) is 4.39. The molecular weight excluding hydrogens is 306 g/mol. The molecule has 1 saturated heterocycles. The van der Waals surface area contributed by atoms with E-state index in [0.29, 0.717) is 21.6 Å². The third-order valence-corrected chi connectivity index (χ3v) is 4.70. The van der Waals surface area contributed by atoms with Crippen molar-refractivity contribution in [2.45, 2.75) is 40.0 Å². The molecule has 4 heteroatoms. The van der Waals surface area contributed by atoms with Crippen LogP contribution in [0.15, 0.2) is 21.4 Å². The Labute approximate surface area is 123 Å². The van der Waals surface area contributed by atoms with E-state index in [0.717, 1.165) is 25.9 Å². The van der Waals surface area contributed by atoms with E-state index in [1.807, 2.05) is 4.90 Å². The Balaban J connectivity index is 2.04. The molecule has 2 heterocycles. The minimum atomic E-state index is 0.0789. The van der Waals surface area contributed by atoms with E-state index in [1.54, 1.807) is 12.3 Å². The summed E-state index contributed by atoms with van der Waals surface area (Å²) in [6.07, 6.45) is 4.93. The Morgan fingerprint density at radius 2 is 2.11 bits per heavy atom. The maximum atomic E-state index is 12.4. The van der Waals surface area contributed by atoms with Crippen LogP contribution in [0.3, 0.4) is 0 Å². The number of carbonyl (C=O) groups is 1. The van der Waals surface area contributed by atoms with Gasteiger partial charge in [0, 0.05) is 13.1 Å². The number of carbonyl (C=O) groups excluding carboxylic acids is 1. The monoisotopic (exact) mass is 327 g/mol. The molecule has 1 aromatic heterocycles. The van der Waals surface area contributed by atoms with Crippen molar-refractivity contribution in [1.29, 1.82) is 0 Å². The Morgan fingerprint density at radius 1 is 1.37 bits per heavy atom. The predicted octanol–water partition coefficient (Wildman–Crippen LogP) is 4.33. The van der Waals surface area contributed by atoms with Crippen molar-refractivity contribution in [3.63, 3.8) is 0 Å². The molecule has 0 saturated carbocycles. The lowest BCUT2D eigenvalue weighted by atomic mass is 9.77. The minimum Gasteiger partial charge on any atom is -0.457 e. The lowest BCUT2D eigenvalue weighted by Gasteiger charge is -2.29. The van der Waals surface area contributed by atoms with Crippen molar-refractivity contribution in [3.05, 3.63) is 22.6 Å². The Morgan fingerprint density at radius 3 is 2.68 bits per heavy atom. The summed E-state index contributed by atoms with van der Waals surface area (Å²) in [7, 11) is 0. The zero-order chi connectivity index (χ0) is 14.0. The maximum absolute atomic E-state index is 12.4. The largest absolute Gasteiger partial charge is 0.457 e. The summed E-state index contributed by atoms with van der Waals surface area (Å²) in [6.45, 7) is 8.58. The summed E-state index contributed by atoms with van der Waals surface area (Å²) in [6, 6.07) is 1.73. The zero-order valence-electron chi connectivity index (χ0n) is 11.9. The number of halogens is 1. The molecule has 1 aromatic rings. The number of hydrogen-bond acceptors (Lipinski definition) is 2. The second-order valence-corrected chi connectivity index (χ2v) is 7.11. The van der Waals surface area contributed by atoms with Crippen LogP contribution < -0.4 is 0 Å². The number of rotatable bonds is 1. The van der Waals surface area contributed by atoms with E-state index >= 15 is 0 Å². The van der Waals surface area contributed by atoms with Crippen molar-refractivity contribution in [3.8, 4) is 0 Å². The molecule has 1 amide bonds. The van der Waals surface area contributed by atoms with Gasteiger partial charge < -0.3 is 9.32 Å². The molecule has 19 heavy (non-hydrogen) atoms. The minimum absolute atomic E-state index is 0.0789. The van der Waals surface area contributed by atoms with Crippen molar-refractivity contribution in [2.24, 2.45) is 11.3 Å². The second kappa shape index (κ2) is 5.70. The maximum Gasteiger partial charge on any atom is 0.258 e. The third kappa shape index (κ3) is 3.41. The molecule has 1 unspecified atom stereocenters. The van der Waals surface area contributed by atoms with Crippen LogP contribution in [0.25, 0.3) is 0 Å².